The molecule has 1 aromatic rings. The third-order valence-electron chi connectivity index (χ3n) is 5.44. The molecule has 1 aliphatic carbocycles. The minimum atomic E-state index is -0.647. The van der Waals surface area contributed by atoms with Crippen LogP contribution in [0.3, 0.4) is 0 Å². The molecule has 32 heavy (non-hydrogen) atoms. The molecule has 0 heterocycles. The number of nitrogens with two attached hydrogens (primary N) is 2. The van der Waals surface area contributed by atoms with Gasteiger partial charge in [0.05, 0.1) is 18.0 Å². The molecule has 9 nitrogen and oxygen atoms in total. The van der Waals surface area contributed by atoms with Gasteiger partial charge in [-0.05, 0) is 50.4 Å². The van der Waals surface area contributed by atoms with Gasteiger partial charge in [-0.25, -0.2) is 4.79 Å². The van der Waals surface area contributed by atoms with Crippen LogP contribution in [0.1, 0.15) is 31.2 Å². The first-order valence-electron chi connectivity index (χ1n) is 10.7. The van der Waals surface area contributed by atoms with Crippen LogP contribution in [-0.4, -0.2) is 55.0 Å². The average Bonchev–Trinajstić information content (AvgIpc) is 3.60. The van der Waals surface area contributed by atoms with E-state index in [2.05, 4.69) is 23.3 Å². The van der Waals surface area contributed by atoms with Crippen LogP contribution >= 0.6 is 12.6 Å². The maximum absolute atomic E-state index is 12.3. The Morgan fingerprint density at radius 1 is 1.19 bits per heavy atom. The Hall–Kier alpha value is -2.43. The standard InChI is InChI=1S/C22H32N4O5S/c1-25-18(19(27)11-15(12-32)21(24)29)8-9-26-22(30)31-16-6-2-13(3-7-16)10-17(23)20(28)14-4-5-14/h2-3,6-7,14-15,17-18,25,32H,4-5,8-12,23H2,1H3,(H2,24,29)(H,26,30)/t15-,17-,18?/m0/s1. The van der Waals surface area contributed by atoms with Crippen LogP contribution in [0.25, 0.3) is 0 Å². The SMILES string of the molecule is CNC(CCNC(=O)Oc1ccc(C[C@H](N)C(=O)C2CC2)cc1)C(=O)C[C@@H](CS)C(N)=O. The Morgan fingerprint density at radius 2 is 1.84 bits per heavy atom. The summed E-state index contributed by atoms with van der Waals surface area (Å²) in [6, 6.07) is 5.80. The molecular weight excluding hydrogens is 432 g/mol. The van der Waals surface area contributed by atoms with E-state index in [0.717, 1.165) is 18.4 Å². The molecule has 0 aromatic heterocycles. The Morgan fingerprint density at radius 3 is 2.38 bits per heavy atom. The van der Waals surface area contributed by atoms with E-state index in [1.165, 1.54) is 0 Å². The van der Waals surface area contributed by atoms with Crippen LogP contribution in [0, 0.1) is 11.8 Å². The molecule has 6 N–H and O–H groups in total. The number of likely N-dealkylation sites (N-methyl/N-ethyl adjacent to an activating group) is 1. The lowest BCUT2D eigenvalue weighted by atomic mass is 9.98. The van der Waals surface area contributed by atoms with Gasteiger partial charge in [-0.1, -0.05) is 12.1 Å². The number of thiol groups is 1. The van der Waals surface area contributed by atoms with Gasteiger partial charge in [0, 0.05) is 24.6 Å². The summed E-state index contributed by atoms with van der Waals surface area (Å²) >= 11 is 4.05. The second kappa shape index (κ2) is 12.6. The zero-order valence-electron chi connectivity index (χ0n) is 18.2. The van der Waals surface area contributed by atoms with Crippen LogP contribution in [0.5, 0.6) is 5.75 Å². The average molecular weight is 465 g/mol. The summed E-state index contributed by atoms with van der Waals surface area (Å²) in [5.41, 5.74) is 12.1. The van der Waals surface area contributed by atoms with Gasteiger partial charge in [0.2, 0.25) is 5.91 Å². The lowest BCUT2D eigenvalue weighted by molar-refractivity contribution is -0.127. The molecule has 1 fully saturated rings. The molecular formula is C22H32N4O5S. The number of nitrogens with one attached hydrogen (secondary N) is 2. The number of Topliss-reactive ketones (excluding diaryl/α,β-unsaturated/α-hetero) is 2. The summed E-state index contributed by atoms with van der Waals surface area (Å²) in [5, 5.41) is 5.48. The smallest absolute Gasteiger partial charge is 0.410 e. The van der Waals surface area contributed by atoms with Gasteiger partial charge in [0.15, 0.2) is 11.6 Å². The van der Waals surface area contributed by atoms with E-state index in [0.29, 0.717) is 18.6 Å². The van der Waals surface area contributed by atoms with Crippen molar-refractivity contribution in [3.8, 4) is 5.75 Å². The van der Waals surface area contributed by atoms with Crippen molar-refractivity contribution in [1.82, 2.24) is 10.6 Å². The maximum Gasteiger partial charge on any atom is 0.412 e. The zero-order valence-corrected chi connectivity index (χ0v) is 19.1. The lowest BCUT2D eigenvalue weighted by Crippen LogP contribution is -2.40. The van der Waals surface area contributed by atoms with Crippen molar-refractivity contribution < 1.29 is 23.9 Å². The molecule has 0 spiro atoms. The van der Waals surface area contributed by atoms with Gasteiger partial charge < -0.3 is 26.8 Å². The molecule has 2 amide bonds. The number of hydrogen-bond donors (Lipinski definition) is 5. The molecule has 1 unspecified atom stereocenters. The third-order valence-corrected chi connectivity index (χ3v) is 5.89. The molecule has 0 bridgehead atoms. The number of amides is 2. The fraction of sp³-hybridized carbons (Fsp3) is 0.545. The number of rotatable bonds is 14. The summed E-state index contributed by atoms with van der Waals surface area (Å²) in [4.78, 5) is 47.6. The van der Waals surface area contributed by atoms with Gasteiger partial charge in [0.1, 0.15) is 5.75 Å². The second-order valence-electron chi connectivity index (χ2n) is 8.03. The number of primary amides is 1. The first-order valence-corrected chi connectivity index (χ1v) is 11.3. The number of carbonyl (C=O) groups excluding carboxylic acids is 4. The highest BCUT2D eigenvalue weighted by atomic mass is 32.1. The number of hydrogen-bond acceptors (Lipinski definition) is 8. The van der Waals surface area contributed by atoms with E-state index in [4.69, 9.17) is 16.2 Å². The Kier molecular flexibility index (Phi) is 10.1. The highest BCUT2D eigenvalue weighted by Gasteiger charge is 2.33. The molecule has 1 aliphatic rings. The first kappa shape index (κ1) is 25.8. The minimum absolute atomic E-state index is 0.00293. The monoisotopic (exact) mass is 464 g/mol. The van der Waals surface area contributed by atoms with Crippen LogP contribution in [-0.2, 0) is 20.8 Å². The van der Waals surface area contributed by atoms with Crippen molar-refractivity contribution in [3.63, 3.8) is 0 Å². The normalized spacial score (nSPS) is 16.0. The molecule has 0 aliphatic heterocycles. The largest absolute Gasteiger partial charge is 0.412 e. The summed E-state index contributed by atoms with van der Waals surface area (Å²) in [5.74, 6) is -0.567. The van der Waals surface area contributed by atoms with E-state index in [1.807, 2.05) is 0 Å². The zero-order chi connectivity index (χ0) is 23.7. The number of ketones is 2. The van der Waals surface area contributed by atoms with Crippen LogP contribution in [0.15, 0.2) is 24.3 Å². The lowest BCUT2D eigenvalue weighted by Gasteiger charge is -2.17. The summed E-state index contributed by atoms with van der Waals surface area (Å²) in [7, 11) is 1.63. The quantitative estimate of drug-likeness (QED) is 0.253. The summed E-state index contributed by atoms with van der Waals surface area (Å²) in [6.07, 6.45) is 1.99. The minimum Gasteiger partial charge on any atom is -0.410 e. The highest BCUT2D eigenvalue weighted by molar-refractivity contribution is 7.80. The van der Waals surface area contributed by atoms with Crippen molar-refractivity contribution in [1.29, 1.82) is 0 Å². The van der Waals surface area contributed by atoms with Crippen molar-refractivity contribution in [2.24, 2.45) is 23.3 Å². The van der Waals surface area contributed by atoms with E-state index in [9.17, 15) is 19.2 Å². The Bertz CT molecular complexity index is 813. The van der Waals surface area contributed by atoms with Crippen molar-refractivity contribution >= 4 is 36.2 Å². The van der Waals surface area contributed by atoms with Crippen molar-refractivity contribution in [2.45, 2.75) is 44.2 Å². The Balaban J connectivity index is 1.74. The third kappa shape index (κ3) is 8.25. The fourth-order valence-electron chi connectivity index (χ4n) is 3.29. The topological polar surface area (TPSA) is 154 Å². The molecule has 1 aromatic carbocycles. The molecule has 0 radical (unpaired) electrons. The number of benzene rings is 1. The molecule has 1 saturated carbocycles. The highest BCUT2D eigenvalue weighted by Crippen LogP contribution is 2.31. The van der Waals surface area contributed by atoms with Crippen molar-refractivity contribution in [3.05, 3.63) is 29.8 Å². The molecule has 2 rings (SSSR count). The molecule has 176 valence electrons. The number of carbonyl (C=O) groups is 4. The van der Waals surface area contributed by atoms with E-state index in [-0.39, 0.29) is 36.2 Å². The Labute approximate surface area is 193 Å². The summed E-state index contributed by atoms with van der Waals surface area (Å²) < 4.78 is 5.23. The van der Waals surface area contributed by atoms with Gasteiger partial charge in [-0.2, -0.15) is 12.6 Å². The van der Waals surface area contributed by atoms with E-state index >= 15 is 0 Å². The van der Waals surface area contributed by atoms with Crippen LogP contribution in [0.2, 0.25) is 0 Å². The maximum atomic E-state index is 12.3. The van der Waals surface area contributed by atoms with E-state index in [1.54, 1.807) is 31.3 Å². The van der Waals surface area contributed by atoms with Gasteiger partial charge >= 0.3 is 6.09 Å². The molecule has 3 atom stereocenters. The van der Waals surface area contributed by atoms with Crippen molar-refractivity contribution in [2.75, 3.05) is 19.3 Å². The molecule has 0 saturated heterocycles. The van der Waals surface area contributed by atoms with Crippen LogP contribution < -0.4 is 26.8 Å². The van der Waals surface area contributed by atoms with Crippen LogP contribution in [0.4, 0.5) is 4.79 Å². The molecule has 10 heteroatoms. The summed E-state index contributed by atoms with van der Waals surface area (Å²) in [6.45, 7) is 0.203. The van der Waals surface area contributed by atoms with Gasteiger partial charge in [-0.3, -0.25) is 14.4 Å². The van der Waals surface area contributed by atoms with E-state index < -0.39 is 30.0 Å². The predicted molar refractivity (Wildman–Crippen MR) is 124 cm³/mol. The fourth-order valence-corrected chi connectivity index (χ4v) is 3.60. The first-order chi connectivity index (χ1) is 15.2. The van der Waals surface area contributed by atoms with Gasteiger partial charge in [-0.15, -0.1) is 0 Å². The second-order valence-corrected chi connectivity index (χ2v) is 8.39. The van der Waals surface area contributed by atoms with Gasteiger partial charge in [0.25, 0.3) is 0 Å². The predicted octanol–water partition coefficient (Wildman–Crippen LogP) is 0.593. The number of ether oxygens (including phenoxy) is 1.